The molecule has 0 saturated heterocycles. The zero-order valence-corrected chi connectivity index (χ0v) is 14.5. The summed E-state index contributed by atoms with van der Waals surface area (Å²) in [6.45, 7) is 3.65. The van der Waals surface area contributed by atoms with Gasteiger partial charge >= 0.3 is 0 Å². The summed E-state index contributed by atoms with van der Waals surface area (Å²) in [5.41, 5.74) is 3.57. The first-order chi connectivity index (χ1) is 12.5. The van der Waals surface area contributed by atoms with Gasteiger partial charge in [-0.3, -0.25) is 4.79 Å². The molecule has 0 fully saturated rings. The lowest BCUT2D eigenvalue weighted by Crippen LogP contribution is -2.12. The van der Waals surface area contributed by atoms with Crippen molar-refractivity contribution < 1.29 is 13.9 Å². The Kier molecular flexibility index (Phi) is 4.85. The number of rotatable bonds is 5. The van der Waals surface area contributed by atoms with Gasteiger partial charge in [0.05, 0.1) is 11.6 Å². The SMILES string of the molecule is Cc1cc(C(=O)COc2ccc(C#N)cc2)c(C)n1-c1ccc(F)cc1. The van der Waals surface area contributed by atoms with E-state index in [0.717, 1.165) is 17.1 Å². The molecule has 3 rings (SSSR count). The van der Waals surface area contributed by atoms with Crippen molar-refractivity contribution in [2.75, 3.05) is 6.61 Å². The highest BCUT2D eigenvalue weighted by Gasteiger charge is 2.17. The van der Waals surface area contributed by atoms with Gasteiger partial charge in [0.15, 0.2) is 6.61 Å². The van der Waals surface area contributed by atoms with E-state index in [9.17, 15) is 9.18 Å². The Morgan fingerprint density at radius 3 is 2.38 bits per heavy atom. The van der Waals surface area contributed by atoms with Crippen LogP contribution in [0.25, 0.3) is 5.69 Å². The van der Waals surface area contributed by atoms with Gasteiger partial charge in [0.1, 0.15) is 11.6 Å². The molecule has 26 heavy (non-hydrogen) atoms. The Morgan fingerprint density at radius 1 is 1.12 bits per heavy atom. The van der Waals surface area contributed by atoms with Gasteiger partial charge in [-0.25, -0.2) is 4.39 Å². The van der Waals surface area contributed by atoms with Crippen molar-refractivity contribution in [2.45, 2.75) is 13.8 Å². The van der Waals surface area contributed by atoms with Crippen LogP contribution in [0.4, 0.5) is 4.39 Å². The molecule has 4 nitrogen and oxygen atoms in total. The Morgan fingerprint density at radius 2 is 1.77 bits per heavy atom. The summed E-state index contributed by atoms with van der Waals surface area (Å²) in [5, 5.41) is 8.80. The Bertz CT molecular complexity index is 981. The highest BCUT2D eigenvalue weighted by molar-refractivity contribution is 5.98. The number of halogens is 1. The number of benzene rings is 2. The number of carbonyl (C=O) groups excluding carboxylic acids is 1. The minimum Gasteiger partial charge on any atom is -0.485 e. The van der Waals surface area contributed by atoms with Crippen LogP contribution in [0.5, 0.6) is 5.75 Å². The van der Waals surface area contributed by atoms with E-state index in [1.807, 2.05) is 30.6 Å². The van der Waals surface area contributed by atoms with Crippen LogP contribution in [0.2, 0.25) is 0 Å². The second-order valence-electron chi connectivity index (χ2n) is 5.94. The molecule has 1 heterocycles. The van der Waals surface area contributed by atoms with Crippen LogP contribution < -0.4 is 4.74 Å². The number of aromatic nitrogens is 1. The number of hydrogen-bond acceptors (Lipinski definition) is 3. The Hall–Kier alpha value is -3.39. The molecular weight excluding hydrogens is 331 g/mol. The smallest absolute Gasteiger partial charge is 0.202 e. The zero-order valence-electron chi connectivity index (χ0n) is 14.5. The number of carbonyl (C=O) groups is 1. The van der Waals surface area contributed by atoms with E-state index in [0.29, 0.717) is 16.9 Å². The van der Waals surface area contributed by atoms with Crippen LogP contribution in [-0.2, 0) is 0 Å². The van der Waals surface area contributed by atoms with Crippen molar-refractivity contribution in [1.29, 1.82) is 5.26 Å². The van der Waals surface area contributed by atoms with Crippen molar-refractivity contribution in [3.8, 4) is 17.5 Å². The minimum absolute atomic E-state index is 0.0976. The Labute approximate surface area is 151 Å². The lowest BCUT2D eigenvalue weighted by atomic mass is 10.1. The number of ketones is 1. The summed E-state index contributed by atoms with van der Waals surface area (Å²) in [7, 11) is 0. The second-order valence-corrected chi connectivity index (χ2v) is 5.94. The molecule has 0 radical (unpaired) electrons. The zero-order chi connectivity index (χ0) is 18.7. The average Bonchev–Trinajstić information content (AvgIpc) is 2.95. The predicted molar refractivity (Wildman–Crippen MR) is 96.2 cm³/mol. The van der Waals surface area contributed by atoms with Gasteiger partial charge in [-0.1, -0.05) is 0 Å². The van der Waals surface area contributed by atoms with Gasteiger partial charge in [0.2, 0.25) is 5.78 Å². The fraction of sp³-hybridized carbons (Fsp3) is 0.143. The van der Waals surface area contributed by atoms with Gasteiger partial charge < -0.3 is 9.30 Å². The molecule has 0 aliphatic carbocycles. The molecule has 0 unspecified atom stereocenters. The van der Waals surface area contributed by atoms with Crippen LogP contribution in [0.3, 0.4) is 0 Å². The maximum Gasteiger partial charge on any atom is 0.202 e. The first-order valence-corrected chi connectivity index (χ1v) is 8.10. The molecule has 5 heteroatoms. The largest absolute Gasteiger partial charge is 0.485 e. The normalized spacial score (nSPS) is 10.4. The van der Waals surface area contributed by atoms with Crippen molar-refractivity contribution in [1.82, 2.24) is 4.57 Å². The molecule has 1 aromatic heterocycles. The number of aryl methyl sites for hydroxylation is 1. The molecular formula is C21H17FN2O2. The fourth-order valence-corrected chi connectivity index (χ4v) is 2.88. The van der Waals surface area contributed by atoms with E-state index < -0.39 is 0 Å². The molecule has 3 aromatic rings. The lowest BCUT2D eigenvalue weighted by Gasteiger charge is -2.10. The highest BCUT2D eigenvalue weighted by atomic mass is 19.1. The summed E-state index contributed by atoms with van der Waals surface area (Å²) in [5.74, 6) is 0.0869. The molecule has 0 N–H and O–H groups in total. The van der Waals surface area contributed by atoms with E-state index in [1.165, 1.54) is 12.1 Å². The average molecular weight is 348 g/mol. The van der Waals surface area contributed by atoms with Crippen molar-refractivity contribution >= 4 is 5.78 Å². The molecule has 0 amide bonds. The van der Waals surface area contributed by atoms with Gasteiger partial charge in [-0.15, -0.1) is 0 Å². The summed E-state index contributed by atoms with van der Waals surface area (Å²) in [4.78, 5) is 12.6. The van der Waals surface area contributed by atoms with Crippen LogP contribution in [0.15, 0.2) is 54.6 Å². The molecule has 0 saturated carbocycles. The summed E-state index contributed by atoms with van der Waals surface area (Å²) >= 11 is 0. The van der Waals surface area contributed by atoms with E-state index in [1.54, 1.807) is 36.4 Å². The second kappa shape index (κ2) is 7.24. The van der Waals surface area contributed by atoms with Crippen molar-refractivity contribution in [2.24, 2.45) is 0 Å². The molecule has 0 aliphatic rings. The maximum atomic E-state index is 13.1. The van der Waals surface area contributed by atoms with Crippen LogP contribution in [-0.4, -0.2) is 17.0 Å². The maximum absolute atomic E-state index is 13.1. The monoisotopic (exact) mass is 348 g/mol. The van der Waals surface area contributed by atoms with Gasteiger partial charge in [0.25, 0.3) is 0 Å². The van der Waals surface area contributed by atoms with Gasteiger partial charge in [-0.2, -0.15) is 5.26 Å². The number of hydrogen-bond donors (Lipinski definition) is 0. The van der Waals surface area contributed by atoms with Crippen LogP contribution in [0, 0.1) is 31.0 Å². The molecule has 130 valence electrons. The van der Waals surface area contributed by atoms with Crippen LogP contribution >= 0.6 is 0 Å². The number of nitriles is 1. The molecule has 0 bridgehead atoms. The summed E-state index contributed by atoms with van der Waals surface area (Å²) < 4.78 is 20.6. The lowest BCUT2D eigenvalue weighted by molar-refractivity contribution is 0.0921. The first kappa shape index (κ1) is 17.4. The Balaban J connectivity index is 1.78. The topological polar surface area (TPSA) is 55.0 Å². The van der Waals surface area contributed by atoms with Crippen molar-refractivity contribution in [3.05, 3.63) is 82.9 Å². The predicted octanol–water partition coefficient (Wildman–Crippen LogP) is 4.37. The summed E-state index contributed by atoms with van der Waals surface area (Å²) in [6, 6.07) is 16.6. The molecule has 2 aromatic carbocycles. The van der Waals surface area contributed by atoms with E-state index in [2.05, 4.69) is 0 Å². The third kappa shape index (κ3) is 3.50. The van der Waals surface area contributed by atoms with Gasteiger partial charge in [-0.05, 0) is 68.4 Å². The van der Waals surface area contributed by atoms with Crippen molar-refractivity contribution in [3.63, 3.8) is 0 Å². The minimum atomic E-state index is -0.302. The van der Waals surface area contributed by atoms with E-state index >= 15 is 0 Å². The molecule has 0 atom stereocenters. The molecule has 0 aliphatic heterocycles. The number of ether oxygens (including phenoxy) is 1. The number of nitrogens with zero attached hydrogens (tertiary/aromatic N) is 2. The third-order valence-corrected chi connectivity index (χ3v) is 4.17. The third-order valence-electron chi connectivity index (χ3n) is 4.17. The fourth-order valence-electron chi connectivity index (χ4n) is 2.88. The van der Waals surface area contributed by atoms with Crippen LogP contribution in [0.1, 0.15) is 27.3 Å². The summed E-state index contributed by atoms with van der Waals surface area (Å²) in [6.07, 6.45) is 0. The molecule has 0 spiro atoms. The standard InChI is InChI=1S/C21H17FN2O2/c1-14-11-20(15(2)24(14)18-7-5-17(22)6-8-18)21(25)13-26-19-9-3-16(12-23)4-10-19/h3-11H,13H2,1-2H3. The quantitative estimate of drug-likeness (QED) is 0.644. The number of Topliss-reactive ketones (excluding diaryl/α,β-unsaturated/α-hetero) is 1. The van der Waals surface area contributed by atoms with E-state index in [4.69, 9.17) is 10.00 Å². The first-order valence-electron chi connectivity index (χ1n) is 8.10. The van der Waals surface area contributed by atoms with Gasteiger partial charge in [0, 0.05) is 22.6 Å². The highest BCUT2D eigenvalue weighted by Crippen LogP contribution is 2.22. The van der Waals surface area contributed by atoms with E-state index in [-0.39, 0.29) is 18.2 Å².